The molecular weight excluding hydrogens is 809 g/mol. The van der Waals surface area contributed by atoms with Crippen LogP contribution in [0.2, 0.25) is 0 Å². The van der Waals surface area contributed by atoms with Crippen LogP contribution in [0.25, 0.3) is 44.3 Å². The first-order chi connectivity index (χ1) is 23.6. The number of benzene rings is 2. The summed E-state index contributed by atoms with van der Waals surface area (Å²) in [6.45, 7) is 23.2. The van der Waals surface area contributed by atoms with E-state index in [2.05, 4.69) is 99.2 Å². The van der Waals surface area contributed by atoms with Gasteiger partial charge in [0.25, 0.3) is 0 Å². The van der Waals surface area contributed by atoms with Crippen molar-refractivity contribution in [3.63, 3.8) is 0 Å². The van der Waals surface area contributed by atoms with E-state index in [0.717, 1.165) is 76.7 Å². The average molecular weight is 866 g/mol. The Morgan fingerprint density at radius 3 is 2.14 bits per heavy atom. The summed E-state index contributed by atoms with van der Waals surface area (Å²) in [5.74, 6) is 1.67. The normalized spacial score (nSPS) is 12.5. The number of carbonyl (C=O) groups is 1. The molecule has 5 nitrogen and oxygen atoms in total. The Kier molecular flexibility index (Phi) is 14.2. The number of hydrogen-bond donors (Lipinski definition) is 1. The second kappa shape index (κ2) is 17.3. The Bertz CT molecular complexity index is 1960. The van der Waals surface area contributed by atoms with Crippen LogP contribution < -0.4 is 0 Å². The fraction of sp³-hybridized carbons (Fsp3) is 0.444. The molecule has 275 valence electrons. The van der Waals surface area contributed by atoms with Crippen LogP contribution in [0.1, 0.15) is 113 Å². The Labute approximate surface area is 319 Å². The molecular formula is C45H57IrN2O3-. The van der Waals surface area contributed by atoms with E-state index >= 15 is 0 Å². The maximum Gasteiger partial charge on any atom is 0.164 e. The maximum absolute atomic E-state index is 12.2. The van der Waals surface area contributed by atoms with Crippen molar-refractivity contribution in [3.05, 3.63) is 96.1 Å². The molecule has 0 unspecified atom stereocenters. The van der Waals surface area contributed by atoms with Gasteiger partial charge in [-0.15, -0.1) is 29.1 Å². The summed E-state index contributed by atoms with van der Waals surface area (Å²) in [7, 11) is 0. The van der Waals surface area contributed by atoms with E-state index in [-0.39, 0.29) is 47.9 Å². The topological polar surface area (TPSA) is 76.2 Å². The van der Waals surface area contributed by atoms with E-state index in [1.54, 1.807) is 0 Å². The van der Waals surface area contributed by atoms with Gasteiger partial charge in [-0.2, -0.15) is 0 Å². The molecule has 0 aliphatic heterocycles. The van der Waals surface area contributed by atoms with E-state index in [1.807, 2.05) is 60.0 Å². The number of furan rings is 1. The van der Waals surface area contributed by atoms with Gasteiger partial charge in [-0.1, -0.05) is 111 Å². The molecule has 3 heterocycles. The van der Waals surface area contributed by atoms with Crippen molar-refractivity contribution in [3.8, 4) is 22.6 Å². The zero-order valence-corrected chi connectivity index (χ0v) is 34.9. The minimum atomic E-state index is -0.337. The molecule has 6 heteroatoms. The smallest absolute Gasteiger partial charge is 0.164 e. The van der Waals surface area contributed by atoms with Crippen molar-refractivity contribution in [2.45, 2.75) is 114 Å². The predicted octanol–water partition coefficient (Wildman–Crippen LogP) is 12.7. The number of fused-ring (bicyclic) bond motifs is 2. The van der Waals surface area contributed by atoms with Crippen LogP contribution in [-0.4, -0.2) is 20.9 Å². The summed E-state index contributed by atoms with van der Waals surface area (Å²) in [6, 6.07) is 22.5. The summed E-state index contributed by atoms with van der Waals surface area (Å²) in [5, 5.41) is 13.5. The molecule has 0 fully saturated rings. The SMILES string of the molecule is CC(C)Cc1cc2oc(-c3ccnc(-c4[c-]c5ccccc5c(C(C)(C)C)c4)c3)cc2cn1.CCC(C)(CC)C(=O)/C=C(\O)C(C)(CC)CC.[Ir]. The molecule has 0 atom stereocenters. The molecule has 5 aromatic rings. The van der Waals surface area contributed by atoms with E-state index in [9.17, 15) is 9.90 Å². The number of rotatable bonds is 11. The Morgan fingerprint density at radius 1 is 0.882 bits per heavy atom. The molecule has 0 bridgehead atoms. The van der Waals surface area contributed by atoms with Gasteiger partial charge >= 0.3 is 0 Å². The van der Waals surface area contributed by atoms with Gasteiger partial charge in [0.05, 0.1) is 0 Å². The van der Waals surface area contributed by atoms with Gasteiger partial charge in [0.1, 0.15) is 17.1 Å². The van der Waals surface area contributed by atoms with E-state index < -0.39 is 0 Å². The van der Waals surface area contributed by atoms with Crippen LogP contribution in [0.4, 0.5) is 0 Å². The van der Waals surface area contributed by atoms with Crippen LogP contribution in [0, 0.1) is 22.8 Å². The molecule has 0 aliphatic carbocycles. The van der Waals surface area contributed by atoms with Crippen LogP contribution in [0.5, 0.6) is 0 Å². The summed E-state index contributed by atoms with van der Waals surface area (Å²) in [4.78, 5) is 21.5. The van der Waals surface area contributed by atoms with Crippen molar-refractivity contribution >= 4 is 27.5 Å². The maximum atomic E-state index is 12.2. The predicted molar refractivity (Wildman–Crippen MR) is 209 cm³/mol. The molecule has 0 saturated heterocycles. The van der Waals surface area contributed by atoms with Crippen LogP contribution >= 0.6 is 0 Å². The first-order valence-electron chi connectivity index (χ1n) is 18.3. The first kappa shape index (κ1) is 41.8. The Hall–Kier alpha value is -3.60. The summed E-state index contributed by atoms with van der Waals surface area (Å²) in [5.41, 5.74) is 5.54. The molecule has 0 spiro atoms. The largest absolute Gasteiger partial charge is 0.512 e. The molecule has 3 aromatic heterocycles. The van der Waals surface area contributed by atoms with Crippen LogP contribution in [0.3, 0.4) is 0 Å². The molecule has 1 N–H and O–H groups in total. The number of aliphatic hydroxyl groups is 1. The third-order valence-electron chi connectivity index (χ3n) is 10.6. The average Bonchev–Trinajstić information content (AvgIpc) is 3.53. The van der Waals surface area contributed by atoms with Crippen molar-refractivity contribution in [1.82, 2.24) is 9.97 Å². The minimum absolute atomic E-state index is 0. The van der Waals surface area contributed by atoms with Gasteiger partial charge in [0.2, 0.25) is 0 Å². The summed E-state index contributed by atoms with van der Waals surface area (Å²) in [6.07, 6.45) is 9.46. The molecule has 51 heavy (non-hydrogen) atoms. The summed E-state index contributed by atoms with van der Waals surface area (Å²) < 4.78 is 6.24. The zero-order valence-electron chi connectivity index (χ0n) is 32.5. The fourth-order valence-electron chi connectivity index (χ4n) is 6.05. The third-order valence-corrected chi connectivity index (χ3v) is 10.6. The fourth-order valence-corrected chi connectivity index (χ4v) is 6.05. The first-order valence-corrected chi connectivity index (χ1v) is 18.3. The van der Waals surface area contributed by atoms with Gasteiger partial charge in [0, 0.05) is 77.8 Å². The molecule has 2 aromatic carbocycles. The van der Waals surface area contributed by atoms with Gasteiger partial charge in [-0.3, -0.25) is 14.8 Å². The van der Waals surface area contributed by atoms with Crippen molar-refractivity contribution in [1.29, 1.82) is 0 Å². The summed E-state index contributed by atoms with van der Waals surface area (Å²) >= 11 is 0. The van der Waals surface area contributed by atoms with Crippen LogP contribution in [0.15, 0.2) is 83.2 Å². The molecule has 0 aliphatic rings. The minimum Gasteiger partial charge on any atom is -0.512 e. The molecule has 5 rings (SSSR count). The zero-order chi connectivity index (χ0) is 36.9. The second-order valence-electron chi connectivity index (χ2n) is 15.7. The number of aliphatic hydroxyl groups excluding tert-OH is 1. The Morgan fingerprint density at radius 2 is 1.53 bits per heavy atom. The van der Waals surface area contributed by atoms with Gasteiger partial charge < -0.3 is 9.52 Å². The standard InChI is InChI=1S/C30H29N2O.C15H28O2.Ir/c1-19(2)12-24-17-29-23(18-32-24)16-28(33-29)21-10-11-31-27(15-21)22-13-20-8-6-7-9-25(20)26(14-22)30(3,4)5;1-7-14(5,8-2)12(16)11-13(17)15(6,9-3)10-4;/h6-11,14-19H,12H2,1-5H3;11,16H,7-10H2,1-6H3;/q-1;;/b;12-11-;. The number of ketones is 1. The number of carbonyl (C=O) groups excluding carboxylic acids is 1. The molecule has 1 radical (unpaired) electrons. The van der Waals surface area contributed by atoms with Crippen molar-refractivity contribution < 1.29 is 34.4 Å². The number of pyridine rings is 2. The van der Waals surface area contributed by atoms with E-state index in [1.165, 1.54) is 17.0 Å². The molecule has 0 amide bonds. The van der Waals surface area contributed by atoms with E-state index in [0.29, 0.717) is 5.92 Å². The number of nitrogens with zero attached hydrogens (tertiary/aromatic N) is 2. The van der Waals surface area contributed by atoms with E-state index in [4.69, 9.17) is 4.42 Å². The number of aromatic nitrogens is 2. The van der Waals surface area contributed by atoms with Crippen molar-refractivity contribution in [2.24, 2.45) is 16.7 Å². The Balaban J connectivity index is 0.000000335. The van der Waals surface area contributed by atoms with Gasteiger partial charge in [0.15, 0.2) is 5.78 Å². The van der Waals surface area contributed by atoms with Crippen molar-refractivity contribution in [2.75, 3.05) is 0 Å². The van der Waals surface area contributed by atoms with Crippen LogP contribution in [-0.2, 0) is 36.7 Å². The monoisotopic (exact) mass is 866 g/mol. The molecule has 0 saturated carbocycles. The quantitative estimate of drug-likeness (QED) is 0.0813. The number of allylic oxidation sites excluding steroid dienone is 2. The van der Waals surface area contributed by atoms with Gasteiger partial charge in [-0.25, -0.2) is 0 Å². The second-order valence-corrected chi connectivity index (χ2v) is 15.7. The third kappa shape index (κ3) is 9.84. The number of hydrogen-bond acceptors (Lipinski definition) is 5. The van der Waals surface area contributed by atoms with Gasteiger partial charge in [-0.05, 0) is 55.6 Å².